The maximum absolute atomic E-state index is 12.5. The van der Waals surface area contributed by atoms with Crippen LogP contribution in [-0.2, 0) is 4.74 Å². The van der Waals surface area contributed by atoms with Crippen LogP contribution in [0, 0.1) is 6.92 Å². The first-order valence-electron chi connectivity index (χ1n) is 5.14. The maximum Gasteiger partial charge on any atom is 0.267 e. The highest BCUT2D eigenvalue weighted by Gasteiger charge is 2.20. The molecule has 1 saturated heterocycles. The minimum atomic E-state index is -2.46. The molecule has 0 aromatic carbocycles. The van der Waals surface area contributed by atoms with Crippen LogP contribution < -0.4 is 0 Å². The molecule has 0 amide bonds. The van der Waals surface area contributed by atoms with Gasteiger partial charge in [0, 0.05) is 12.8 Å². The lowest BCUT2D eigenvalue weighted by Crippen LogP contribution is -2.18. The van der Waals surface area contributed by atoms with Crippen molar-refractivity contribution in [3.8, 4) is 0 Å². The van der Waals surface area contributed by atoms with Crippen molar-refractivity contribution in [1.82, 2.24) is 9.78 Å². The molecule has 1 unspecified atom stereocenters. The summed E-state index contributed by atoms with van der Waals surface area (Å²) in [5.74, 6) is 0. The van der Waals surface area contributed by atoms with Gasteiger partial charge >= 0.3 is 0 Å². The van der Waals surface area contributed by atoms with Crippen LogP contribution in [-0.4, -0.2) is 16.4 Å². The van der Waals surface area contributed by atoms with Gasteiger partial charge in [-0.1, -0.05) is 0 Å². The summed E-state index contributed by atoms with van der Waals surface area (Å²) in [6, 6.07) is 0. The van der Waals surface area contributed by atoms with Crippen molar-refractivity contribution in [3.05, 3.63) is 17.5 Å². The molecule has 0 radical (unpaired) electrons. The molecule has 0 spiro atoms. The average molecular weight is 216 g/mol. The molecule has 84 valence electrons. The van der Waals surface area contributed by atoms with E-state index in [1.165, 1.54) is 10.9 Å². The first kappa shape index (κ1) is 10.5. The summed E-state index contributed by atoms with van der Waals surface area (Å²) in [5, 5.41) is 4.07. The van der Waals surface area contributed by atoms with Gasteiger partial charge in [0.05, 0.1) is 11.3 Å². The predicted octanol–water partition coefficient (Wildman–Crippen LogP) is 2.83. The third-order valence-electron chi connectivity index (χ3n) is 2.64. The first-order valence-corrected chi connectivity index (χ1v) is 5.14. The molecule has 2 rings (SSSR count). The number of alkyl halides is 2. The number of aryl methyl sites for hydroxylation is 1. The van der Waals surface area contributed by atoms with Gasteiger partial charge in [0.25, 0.3) is 6.43 Å². The molecule has 1 aromatic heterocycles. The molecule has 0 N–H and O–H groups in total. The van der Waals surface area contributed by atoms with Crippen molar-refractivity contribution in [2.75, 3.05) is 6.61 Å². The van der Waals surface area contributed by atoms with Crippen LogP contribution in [0.3, 0.4) is 0 Å². The van der Waals surface area contributed by atoms with Gasteiger partial charge in [0.2, 0.25) is 0 Å². The molecule has 0 bridgehead atoms. The zero-order valence-corrected chi connectivity index (χ0v) is 8.62. The Hall–Kier alpha value is -0.970. The van der Waals surface area contributed by atoms with E-state index < -0.39 is 6.43 Å². The lowest BCUT2D eigenvalue weighted by atomic mass is 10.2. The third kappa shape index (κ3) is 2.17. The molecule has 5 heteroatoms. The van der Waals surface area contributed by atoms with Gasteiger partial charge in [-0.3, -0.25) is 0 Å². The molecule has 1 fully saturated rings. The van der Waals surface area contributed by atoms with E-state index >= 15 is 0 Å². The second-order valence-electron chi connectivity index (χ2n) is 3.77. The number of rotatable bonds is 2. The summed E-state index contributed by atoms with van der Waals surface area (Å²) in [6.45, 7) is 2.29. The normalized spacial score (nSPS) is 22.3. The minimum Gasteiger partial charge on any atom is -0.357 e. The van der Waals surface area contributed by atoms with Gasteiger partial charge in [0.1, 0.15) is 6.23 Å². The zero-order valence-electron chi connectivity index (χ0n) is 8.62. The lowest BCUT2D eigenvalue weighted by molar-refractivity contribution is -0.0397. The molecular formula is C10H14F2N2O. The SMILES string of the molecule is Cc1nn(C2CCCCO2)cc1C(F)F. The summed E-state index contributed by atoms with van der Waals surface area (Å²) in [7, 11) is 0. The summed E-state index contributed by atoms with van der Waals surface area (Å²) in [5.41, 5.74) is 0.392. The Morgan fingerprint density at radius 2 is 2.33 bits per heavy atom. The van der Waals surface area contributed by atoms with E-state index in [9.17, 15) is 8.78 Å². The van der Waals surface area contributed by atoms with E-state index in [0.29, 0.717) is 12.3 Å². The molecule has 1 aromatic rings. The fourth-order valence-corrected chi connectivity index (χ4v) is 1.79. The molecule has 1 aliphatic rings. The maximum atomic E-state index is 12.5. The highest BCUT2D eigenvalue weighted by Crippen LogP contribution is 2.26. The van der Waals surface area contributed by atoms with E-state index in [1.54, 1.807) is 6.92 Å². The van der Waals surface area contributed by atoms with Crippen molar-refractivity contribution in [1.29, 1.82) is 0 Å². The first-order chi connectivity index (χ1) is 7.18. The van der Waals surface area contributed by atoms with Gasteiger partial charge in [-0.05, 0) is 26.2 Å². The van der Waals surface area contributed by atoms with Crippen molar-refractivity contribution < 1.29 is 13.5 Å². The standard InChI is InChI=1S/C10H14F2N2O/c1-7-8(10(11)12)6-14(13-7)9-4-2-3-5-15-9/h6,9-10H,2-5H2,1H3. The highest BCUT2D eigenvalue weighted by molar-refractivity contribution is 5.16. The quantitative estimate of drug-likeness (QED) is 0.760. The van der Waals surface area contributed by atoms with Gasteiger partial charge in [-0.25, -0.2) is 13.5 Å². The number of halogens is 2. The second-order valence-corrected chi connectivity index (χ2v) is 3.77. The smallest absolute Gasteiger partial charge is 0.267 e. The minimum absolute atomic E-state index is 0.00386. The zero-order chi connectivity index (χ0) is 10.8. The summed E-state index contributed by atoms with van der Waals surface area (Å²) in [6.07, 6.45) is 1.73. The fourth-order valence-electron chi connectivity index (χ4n) is 1.79. The van der Waals surface area contributed by atoms with Crippen LogP contribution in [0.1, 0.15) is 43.2 Å². The second kappa shape index (κ2) is 4.26. The van der Waals surface area contributed by atoms with Crippen LogP contribution in [0.4, 0.5) is 8.78 Å². The highest BCUT2D eigenvalue weighted by atomic mass is 19.3. The number of ether oxygens (including phenoxy) is 1. The Kier molecular flexibility index (Phi) is 3.00. The number of nitrogens with zero attached hydrogens (tertiary/aromatic N) is 2. The van der Waals surface area contributed by atoms with Gasteiger partial charge in [-0.2, -0.15) is 5.10 Å². The van der Waals surface area contributed by atoms with E-state index in [1.807, 2.05) is 0 Å². The molecule has 0 saturated carbocycles. The van der Waals surface area contributed by atoms with Crippen LogP contribution in [0.15, 0.2) is 6.20 Å². The molecule has 1 atom stereocenters. The fraction of sp³-hybridized carbons (Fsp3) is 0.700. The molecule has 3 nitrogen and oxygen atoms in total. The van der Waals surface area contributed by atoms with Gasteiger partial charge < -0.3 is 4.74 Å². The van der Waals surface area contributed by atoms with Gasteiger partial charge in [-0.15, -0.1) is 0 Å². The van der Waals surface area contributed by atoms with E-state index in [-0.39, 0.29) is 11.8 Å². The Bertz CT molecular complexity index is 332. The van der Waals surface area contributed by atoms with Crippen molar-refractivity contribution in [3.63, 3.8) is 0 Å². The summed E-state index contributed by atoms with van der Waals surface area (Å²) >= 11 is 0. The summed E-state index contributed by atoms with van der Waals surface area (Å²) in [4.78, 5) is 0. The third-order valence-corrected chi connectivity index (χ3v) is 2.64. The van der Waals surface area contributed by atoms with Crippen molar-refractivity contribution >= 4 is 0 Å². The van der Waals surface area contributed by atoms with E-state index in [4.69, 9.17) is 4.74 Å². The number of hydrogen-bond acceptors (Lipinski definition) is 2. The molecule has 15 heavy (non-hydrogen) atoms. The van der Waals surface area contributed by atoms with E-state index in [0.717, 1.165) is 19.3 Å². The largest absolute Gasteiger partial charge is 0.357 e. The van der Waals surface area contributed by atoms with Crippen molar-refractivity contribution in [2.45, 2.75) is 38.8 Å². The monoisotopic (exact) mass is 216 g/mol. The van der Waals surface area contributed by atoms with Crippen LogP contribution >= 0.6 is 0 Å². The predicted molar refractivity (Wildman–Crippen MR) is 50.8 cm³/mol. The van der Waals surface area contributed by atoms with Crippen LogP contribution in [0.25, 0.3) is 0 Å². The Morgan fingerprint density at radius 1 is 1.53 bits per heavy atom. The Balaban J connectivity index is 2.17. The number of aromatic nitrogens is 2. The molecule has 0 aliphatic carbocycles. The molecular weight excluding hydrogens is 202 g/mol. The summed E-state index contributed by atoms with van der Waals surface area (Å²) < 4.78 is 32.0. The van der Waals surface area contributed by atoms with Crippen molar-refractivity contribution in [2.24, 2.45) is 0 Å². The molecule has 2 heterocycles. The average Bonchev–Trinajstić information content (AvgIpc) is 2.62. The van der Waals surface area contributed by atoms with Crippen LogP contribution in [0.5, 0.6) is 0 Å². The van der Waals surface area contributed by atoms with E-state index in [2.05, 4.69) is 5.10 Å². The van der Waals surface area contributed by atoms with Crippen LogP contribution in [0.2, 0.25) is 0 Å². The topological polar surface area (TPSA) is 27.1 Å². The van der Waals surface area contributed by atoms with Gasteiger partial charge in [0.15, 0.2) is 0 Å². The number of hydrogen-bond donors (Lipinski definition) is 0. The Labute approximate surface area is 87.0 Å². The molecule has 1 aliphatic heterocycles. The lowest BCUT2D eigenvalue weighted by Gasteiger charge is -2.22. The Morgan fingerprint density at radius 3 is 2.87 bits per heavy atom.